The Hall–Kier alpha value is -2.29. The van der Waals surface area contributed by atoms with Crippen LogP contribution in [0.2, 0.25) is 0 Å². The molecule has 3 N–H and O–H groups in total. The predicted molar refractivity (Wildman–Crippen MR) is 116 cm³/mol. The molecule has 1 aliphatic heterocycles. The second kappa shape index (κ2) is 10.8. The summed E-state index contributed by atoms with van der Waals surface area (Å²) in [6.45, 7) is 0.765. The molecular weight excluding hydrogens is 431 g/mol. The van der Waals surface area contributed by atoms with Gasteiger partial charge in [0, 0.05) is 19.2 Å². The fraction of sp³-hybridized carbons (Fsp3) is 0.409. The quantitative estimate of drug-likeness (QED) is 0.607. The highest BCUT2D eigenvalue weighted by Crippen LogP contribution is 2.38. The second-order valence-corrected chi connectivity index (χ2v) is 7.61. The van der Waals surface area contributed by atoms with Crippen LogP contribution in [0.5, 0.6) is 5.75 Å². The zero-order valence-corrected chi connectivity index (χ0v) is 18.0. The van der Waals surface area contributed by atoms with Gasteiger partial charge in [-0.1, -0.05) is 30.3 Å². The van der Waals surface area contributed by atoms with Gasteiger partial charge in [-0.3, -0.25) is 10.6 Å². The van der Waals surface area contributed by atoms with E-state index in [9.17, 15) is 18.0 Å². The first-order valence-electron chi connectivity index (χ1n) is 9.89. The van der Waals surface area contributed by atoms with E-state index in [0.717, 1.165) is 24.9 Å². The minimum absolute atomic E-state index is 0. The molecule has 1 aliphatic rings. The van der Waals surface area contributed by atoms with Crippen LogP contribution < -0.4 is 15.9 Å². The van der Waals surface area contributed by atoms with Gasteiger partial charge in [0.15, 0.2) is 6.61 Å². The minimum Gasteiger partial charge on any atom is -0.484 e. The molecule has 2 atom stereocenters. The predicted octanol–water partition coefficient (Wildman–Crippen LogP) is 4.88. The van der Waals surface area contributed by atoms with Crippen molar-refractivity contribution in [2.75, 3.05) is 18.5 Å². The molecule has 170 valence electrons. The van der Waals surface area contributed by atoms with Crippen LogP contribution in [0.25, 0.3) is 0 Å². The molecule has 2 aromatic carbocycles. The van der Waals surface area contributed by atoms with Gasteiger partial charge in [0.25, 0.3) is 0 Å². The van der Waals surface area contributed by atoms with E-state index in [1.54, 1.807) is 17.1 Å². The summed E-state index contributed by atoms with van der Waals surface area (Å²) in [5.41, 5.74) is 2.21. The van der Waals surface area contributed by atoms with Gasteiger partial charge in [0.1, 0.15) is 5.75 Å². The lowest BCUT2D eigenvalue weighted by Gasteiger charge is -2.39. The molecule has 0 unspecified atom stereocenters. The number of amides is 1. The van der Waals surface area contributed by atoms with Crippen LogP contribution in [0.3, 0.4) is 0 Å². The summed E-state index contributed by atoms with van der Waals surface area (Å²) in [5.74, 6) is 6.31. The number of nitrogens with one attached hydrogen (secondary N) is 1. The molecule has 9 heteroatoms. The number of alkyl halides is 3. The first-order chi connectivity index (χ1) is 14.2. The summed E-state index contributed by atoms with van der Waals surface area (Å²) in [4.78, 5) is 11.4. The maximum atomic E-state index is 12.7. The molecule has 0 spiro atoms. The van der Waals surface area contributed by atoms with Gasteiger partial charge in [0.2, 0.25) is 5.91 Å². The summed E-state index contributed by atoms with van der Waals surface area (Å²) in [6, 6.07) is 14.5. The van der Waals surface area contributed by atoms with Crippen LogP contribution in [0.15, 0.2) is 48.5 Å². The van der Waals surface area contributed by atoms with Crippen molar-refractivity contribution in [1.82, 2.24) is 5.01 Å². The number of carbonyl (C=O) groups is 1. The summed E-state index contributed by atoms with van der Waals surface area (Å²) < 4.78 is 43.2. The van der Waals surface area contributed by atoms with Crippen LogP contribution in [0.1, 0.15) is 36.9 Å². The SMILES string of the molecule is CC(=O)Nc1ccc(OCC(F)(F)F)c(C[C@@H]2CCCN(N)[C@@H]2c2ccccc2)c1.Cl. The Morgan fingerprint density at radius 3 is 2.58 bits per heavy atom. The summed E-state index contributed by atoms with van der Waals surface area (Å²) in [7, 11) is 0. The second-order valence-electron chi connectivity index (χ2n) is 7.61. The van der Waals surface area contributed by atoms with E-state index in [2.05, 4.69) is 5.32 Å². The highest BCUT2D eigenvalue weighted by Gasteiger charge is 2.33. The number of hydrazine groups is 1. The summed E-state index contributed by atoms with van der Waals surface area (Å²) >= 11 is 0. The lowest BCUT2D eigenvalue weighted by Crippen LogP contribution is -2.44. The third kappa shape index (κ3) is 7.12. The third-order valence-electron chi connectivity index (χ3n) is 5.19. The normalized spacial score (nSPS) is 19.4. The number of ether oxygens (including phenoxy) is 1. The number of nitrogens with zero attached hydrogens (tertiary/aromatic N) is 1. The van der Waals surface area contributed by atoms with Crippen molar-refractivity contribution in [2.24, 2.45) is 11.8 Å². The number of benzene rings is 2. The average Bonchev–Trinajstić information content (AvgIpc) is 2.67. The van der Waals surface area contributed by atoms with E-state index in [1.807, 2.05) is 30.3 Å². The molecule has 0 aromatic heterocycles. The molecule has 31 heavy (non-hydrogen) atoms. The Kier molecular flexibility index (Phi) is 8.73. The topological polar surface area (TPSA) is 67.6 Å². The van der Waals surface area contributed by atoms with Crippen LogP contribution in [-0.4, -0.2) is 30.2 Å². The molecule has 0 radical (unpaired) electrons. The largest absolute Gasteiger partial charge is 0.484 e. The van der Waals surface area contributed by atoms with Gasteiger partial charge in [-0.25, -0.2) is 5.01 Å². The maximum Gasteiger partial charge on any atom is 0.422 e. The van der Waals surface area contributed by atoms with Crippen molar-refractivity contribution in [1.29, 1.82) is 0 Å². The van der Waals surface area contributed by atoms with Crippen LogP contribution in [-0.2, 0) is 11.2 Å². The standard InChI is InChI=1S/C22H26F3N3O2.ClH/c1-15(29)27-19-9-10-20(30-14-22(23,24)25)18(13-19)12-17-8-5-11-28(26)21(17)16-6-3-2-4-7-16;/h2-4,6-7,9-10,13,17,21H,5,8,11-12,14,26H2,1H3,(H,27,29);1H/t17-,21+;/m0./s1. The van der Waals surface area contributed by atoms with Crippen LogP contribution in [0.4, 0.5) is 18.9 Å². The first-order valence-corrected chi connectivity index (χ1v) is 9.89. The van der Waals surface area contributed by atoms with Gasteiger partial charge < -0.3 is 10.1 Å². The Morgan fingerprint density at radius 2 is 1.94 bits per heavy atom. The first kappa shape index (κ1) is 25.0. The van der Waals surface area contributed by atoms with E-state index in [-0.39, 0.29) is 36.0 Å². The molecule has 0 aliphatic carbocycles. The van der Waals surface area contributed by atoms with Crippen LogP contribution >= 0.6 is 12.4 Å². The number of rotatable bonds is 6. The molecule has 0 bridgehead atoms. The minimum atomic E-state index is -4.43. The highest BCUT2D eigenvalue weighted by molar-refractivity contribution is 5.88. The van der Waals surface area contributed by atoms with E-state index in [4.69, 9.17) is 10.6 Å². The zero-order chi connectivity index (χ0) is 21.7. The van der Waals surface area contributed by atoms with Crippen molar-refractivity contribution >= 4 is 24.0 Å². The Bertz CT molecular complexity index is 865. The van der Waals surface area contributed by atoms with Crippen molar-refractivity contribution in [3.05, 3.63) is 59.7 Å². The average molecular weight is 458 g/mol. The molecule has 0 saturated carbocycles. The number of carbonyl (C=O) groups excluding carboxylic acids is 1. The molecule has 1 fully saturated rings. The van der Waals surface area contributed by atoms with Gasteiger partial charge >= 0.3 is 6.18 Å². The maximum absolute atomic E-state index is 12.7. The van der Waals surface area contributed by atoms with Crippen LogP contribution in [0, 0.1) is 5.92 Å². The van der Waals surface area contributed by atoms with Gasteiger partial charge in [-0.2, -0.15) is 13.2 Å². The van der Waals surface area contributed by atoms with Crippen molar-refractivity contribution in [3.8, 4) is 5.75 Å². The summed E-state index contributed by atoms with van der Waals surface area (Å²) in [6.07, 6.45) is -2.17. The van der Waals surface area contributed by atoms with E-state index in [0.29, 0.717) is 17.7 Å². The lowest BCUT2D eigenvalue weighted by atomic mass is 9.81. The molecule has 1 amide bonds. The van der Waals surface area contributed by atoms with E-state index < -0.39 is 12.8 Å². The zero-order valence-electron chi connectivity index (χ0n) is 17.2. The number of halogens is 4. The Balaban J connectivity index is 0.00000341. The van der Waals surface area contributed by atoms with Gasteiger partial charge in [0.05, 0.1) is 6.04 Å². The molecule has 5 nitrogen and oxygen atoms in total. The van der Waals surface area contributed by atoms with Gasteiger partial charge in [-0.15, -0.1) is 12.4 Å². The fourth-order valence-electron chi connectivity index (χ4n) is 4.03. The number of nitrogens with two attached hydrogens (primary N) is 1. The smallest absolute Gasteiger partial charge is 0.422 e. The lowest BCUT2D eigenvalue weighted by molar-refractivity contribution is -0.153. The molecule has 1 saturated heterocycles. The third-order valence-corrected chi connectivity index (χ3v) is 5.19. The van der Waals surface area contributed by atoms with E-state index in [1.165, 1.54) is 13.0 Å². The highest BCUT2D eigenvalue weighted by atomic mass is 35.5. The molecule has 3 rings (SSSR count). The molecule has 2 aromatic rings. The Morgan fingerprint density at radius 1 is 1.23 bits per heavy atom. The monoisotopic (exact) mass is 457 g/mol. The van der Waals surface area contributed by atoms with Gasteiger partial charge in [-0.05, 0) is 54.5 Å². The van der Waals surface area contributed by atoms with Crippen molar-refractivity contribution in [2.45, 2.75) is 38.4 Å². The number of anilines is 1. The number of hydrogen-bond acceptors (Lipinski definition) is 4. The Labute approximate surface area is 186 Å². The molecular formula is C22H27ClF3N3O2. The number of hydrogen-bond donors (Lipinski definition) is 2. The van der Waals surface area contributed by atoms with Crippen molar-refractivity contribution in [3.63, 3.8) is 0 Å². The fourth-order valence-corrected chi connectivity index (χ4v) is 4.03. The number of piperidine rings is 1. The molecule has 1 heterocycles. The van der Waals surface area contributed by atoms with Crippen molar-refractivity contribution < 1.29 is 22.7 Å². The summed E-state index contributed by atoms with van der Waals surface area (Å²) in [5, 5.41) is 4.48. The van der Waals surface area contributed by atoms with E-state index >= 15 is 0 Å².